The fraction of sp³-hybridized carbons (Fsp3) is 0.188. The number of benzene rings is 2. The number of carbonyl (C=O) groups excluding carboxylic acids is 1. The molecule has 0 aliphatic rings. The van der Waals surface area contributed by atoms with E-state index in [0.717, 1.165) is 10.2 Å². The Morgan fingerprint density at radius 3 is 2.48 bits per heavy atom. The first-order valence-electron chi connectivity index (χ1n) is 6.39. The van der Waals surface area contributed by atoms with Crippen molar-refractivity contribution in [2.45, 2.75) is 0 Å². The predicted octanol–water partition coefficient (Wildman–Crippen LogP) is 3.69. The molecule has 0 aliphatic carbocycles. The van der Waals surface area contributed by atoms with Crippen molar-refractivity contribution in [3.05, 3.63) is 58.6 Å². The Morgan fingerprint density at radius 2 is 1.76 bits per heavy atom. The van der Waals surface area contributed by atoms with Gasteiger partial charge in [0, 0.05) is 4.47 Å². The van der Waals surface area contributed by atoms with Crippen LogP contribution < -0.4 is 9.47 Å². The van der Waals surface area contributed by atoms with Gasteiger partial charge in [0.25, 0.3) is 0 Å². The molecule has 2 aromatic rings. The molecule has 0 saturated carbocycles. The van der Waals surface area contributed by atoms with E-state index < -0.39 is 5.97 Å². The molecule has 4 nitrogen and oxygen atoms in total. The van der Waals surface area contributed by atoms with Gasteiger partial charge >= 0.3 is 5.97 Å². The molecule has 0 fully saturated rings. The van der Waals surface area contributed by atoms with Crippen LogP contribution in [0, 0.1) is 0 Å². The molecule has 0 spiro atoms. The van der Waals surface area contributed by atoms with Crippen molar-refractivity contribution in [2.75, 3.05) is 20.3 Å². The third-order valence-electron chi connectivity index (χ3n) is 2.73. The van der Waals surface area contributed by atoms with Crippen LogP contribution in [0.25, 0.3) is 0 Å². The Labute approximate surface area is 131 Å². The highest BCUT2D eigenvalue weighted by Crippen LogP contribution is 2.18. The van der Waals surface area contributed by atoms with Gasteiger partial charge in [-0.1, -0.05) is 28.1 Å². The van der Waals surface area contributed by atoms with Gasteiger partial charge in [-0.15, -0.1) is 0 Å². The quantitative estimate of drug-likeness (QED) is 0.588. The summed E-state index contributed by atoms with van der Waals surface area (Å²) in [5.74, 6) is 0.801. The van der Waals surface area contributed by atoms with Crippen LogP contribution in [-0.4, -0.2) is 26.3 Å². The first kappa shape index (κ1) is 15.4. The molecule has 5 heteroatoms. The standard InChI is InChI=1S/C16H15BrO4/c1-19-15-5-3-2-4-14(15)16(18)21-11-10-20-13-8-6-12(17)7-9-13/h2-9H,10-11H2,1H3. The molecule has 0 amide bonds. The molecule has 0 atom stereocenters. The summed E-state index contributed by atoms with van der Waals surface area (Å²) < 4.78 is 16.7. The molecule has 0 N–H and O–H groups in total. The Balaban J connectivity index is 1.80. The summed E-state index contributed by atoms with van der Waals surface area (Å²) in [6.45, 7) is 0.468. The molecule has 0 saturated heterocycles. The molecule has 21 heavy (non-hydrogen) atoms. The maximum Gasteiger partial charge on any atom is 0.342 e. The zero-order valence-corrected chi connectivity index (χ0v) is 13.1. The molecule has 0 aromatic heterocycles. The van der Waals surface area contributed by atoms with E-state index in [1.807, 2.05) is 24.3 Å². The van der Waals surface area contributed by atoms with Gasteiger partial charge in [0.2, 0.25) is 0 Å². The molecule has 110 valence electrons. The summed E-state index contributed by atoms with van der Waals surface area (Å²) in [6.07, 6.45) is 0. The number of rotatable bonds is 6. The maximum absolute atomic E-state index is 11.9. The summed E-state index contributed by atoms with van der Waals surface area (Å²) in [6, 6.07) is 14.4. The van der Waals surface area contributed by atoms with Crippen LogP contribution in [0.2, 0.25) is 0 Å². The number of hydrogen-bond donors (Lipinski definition) is 0. The molecule has 0 heterocycles. The minimum absolute atomic E-state index is 0.174. The summed E-state index contributed by atoms with van der Waals surface area (Å²) in [5, 5.41) is 0. The van der Waals surface area contributed by atoms with Crippen LogP contribution in [0.4, 0.5) is 0 Å². The second kappa shape index (κ2) is 7.69. The number of hydrogen-bond acceptors (Lipinski definition) is 4. The van der Waals surface area contributed by atoms with Crippen molar-refractivity contribution in [1.29, 1.82) is 0 Å². The minimum atomic E-state index is -0.424. The lowest BCUT2D eigenvalue weighted by molar-refractivity contribution is 0.0447. The number of esters is 1. The summed E-state index contributed by atoms with van der Waals surface area (Å²) in [7, 11) is 1.52. The van der Waals surface area contributed by atoms with Crippen molar-refractivity contribution in [3.63, 3.8) is 0 Å². The van der Waals surface area contributed by atoms with Crippen LogP contribution >= 0.6 is 15.9 Å². The van der Waals surface area contributed by atoms with Gasteiger partial charge in [-0.25, -0.2) is 4.79 Å². The normalized spacial score (nSPS) is 10.0. The Morgan fingerprint density at radius 1 is 1.05 bits per heavy atom. The van der Waals surface area contributed by atoms with Crippen molar-refractivity contribution >= 4 is 21.9 Å². The fourth-order valence-electron chi connectivity index (χ4n) is 1.72. The molecule has 0 unspecified atom stereocenters. The second-order valence-electron chi connectivity index (χ2n) is 4.14. The number of carbonyl (C=O) groups is 1. The van der Waals surface area contributed by atoms with E-state index >= 15 is 0 Å². The molecular formula is C16H15BrO4. The van der Waals surface area contributed by atoms with Gasteiger partial charge < -0.3 is 14.2 Å². The summed E-state index contributed by atoms with van der Waals surface area (Å²) in [4.78, 5) is 11.9. The Bertz CT molecular complexity index is 595. The highest BCUT2D eigenvalue weighted by Gasteiger charge is 2.12. The van der Waals surface area contributed by atoms with Gasteiger partial charge in [0.15, 0.2) is 0 Å². The first-order valence-corrected chi connectivity index (χ1v) is 7.18. The van der Waals surface area contributed by atoms with Gasteiger partial charge in [0.05, 0.1) is 7.11 Å². The minimum Gasteiger partial charge on any atom is -0.496 e. The smallest absolute Gasteiger partial charge is 0.342 e. The van der Waals surface area contributed by atoms with Gasteiger partial charge in [-0.2, -0.15) is 0 Å². The Kier molecular flexibility index (Phi) is 5.63. The number of halogens is 1. The van der Waals surface area contributed by atoms with Crippen LogP contribution in [0.3, 0.4) is 0 Å². The van der Waals surface area contributed by atoms with Crippen molar-refractivity contribution in [2.24, 2.45) is 0 Å². The van der Waals surface area contributed by atoms with Crippen LogP contribution in [-0.2, 0) is 4.74 Å². The molecule has 0 bridgehead atoms. The van der Waals surface area contributed by atoms with Crippen molar-refractivity contribution < 1.29 is 19.0 Å². The van der Waals surface area contributed by atoms with E-state index in [0.29, 0.717) is 17.9 Å². The molecule has 2 aromatic carbocycles. The van der Waals surface area contributed by atoms with E-state index in [1.54, 1.807) is 24.3 Å². The molecule has 2 rings (SSSR count). The second-order valence-corrected chi connectivity index (χ2v) is 5.05. The third-order valence-corrected chi connectivity index (χ3v) is 3.25. The summed E-state index contributed by atoms with van der Waals surface area (Å²) in [5.41, 5.74) is 0.406. The lowest BCUT2D eigenvalue weighted by Crippen LogP contribution is -2.13. The number of methoxy groups -OCH3 is 1. The van der Waals surface area contributed by atoms with E-state index in [9.17, 15) is 4.79 Å². The lowest BCUT2D eigenvalue weighted by Gasteiger charge is -2.09. The van der Waals surface area contributed by atoms with Crippen LogP contribution in [0.5, 0.6) is 11.5 Å². The predicted molar refractivity (Wildman–Crippen MR) is 82.9 cm³/mol. The SMILES string of the molecule is COc1ccccc1C(=O)OCCOc1ccc(Br)cc1. The van der Waals surface area contributed by atoms with Crippen molar-refractivity contribution in [3.8, 4) is 11.5 Å². The highest BCUT2D eigenvalue weighted by atomic mass is 79.9. The maximum atomic E-state index is 11.9. The first-order chi connectivity index (χ1) is 10.2. The van der Waals surface area contributed by atoms with E-state index in [-0.39, 0.29) is 6.61 Å². The van der Waals surface area contributed by atoms with Crippen LogP contribution in [0.15, 0.2) is 53.0 Å². The molecule has 0 radical (unpaired) electrons. The zero-order chi connectivity index (χ0) is 15.1. The van der Waals surface area contributed by atoms with Gasteiger partial charge in [-0.05, 0) is 36.4 Å². The van der Waals surface area contributed by atoms with E-state index in [4.69, 9.17) is 14.2 Å². The van der Waals surface area contributed by atoms with E-state index in [1.165, 1.54) is 7.11 Å². The summed E-state index contributed by atoms with van der Waals surface area (Å²) >= 11 is 3.35. The lowest BCUT2D eigenvalue weighted by atomic mass is 10.2. The molecule has 0 aliphatic heterocycles. The third kappa shape index (κ3) is 4.49. The van der Waals surface area contributed by atoms with E-state index in [2.05, 4.69) is 15.9 Å². The average molecular weight is 351 g/mol. The largest absolute Gasteiger partial charge is 0.496 e. The van der Waals surface area contributed by atoms with Crippen molar-refractivity contribution in [1.82, 2.24) is 0 Å². The zero-order valence-electron chi connectivity index (χ0n) is 11.5. The monoisotopic (exact) mass is 350 g/mol. The van der Waals surface area contributed by atoms with Gasteiger partial charge in [0.1, 0.15) is 30.3 Å². The fourth-order valence-corrected chi connectivity index (χ4v) is 1.98. The van der Waals surface area contributed by atoms with Crippen LogP contribution in [0.1, 0.15) is 10.4 Å². The topological polar surface area (TPSA) is 44.8 Å². The molecular weight excluding hydrogens is 336 g/mol. The number of para-hydroxylation sites is 1. The average Bonchev–Trinajstić information content (AvgIpc) is 2.53. The van der Waals surface area contributed by atoms with Gasteiger partial charge in [-0.3, -0.25) is 0 Å². The number of ether oxygens (including phenoxy) is 3. The highest BCUT2D eigenvalue weighted by molar-refractivity contribution is 9.10. The Hall–Kier alpha value is -2.01.